The van der Waals surface area contributed by atoms with Crippen LogP contribution in [-0.4, -0.2) is 45.6 Å². The van der Waals surface area contributed by atoms with E-state index in [-0.39, 0.29) is 29.0 Å². The van der Waals surface area contributed by atoms with Gasteiger partial charge in [0.05, 0.1) is 37.0 Å². The number of aliphatic hydroxyl groups is 1. The molecule has 1 saturated heterocycles. The number of fused-ring (bicyclic) bond motifs is 4. The minimum Gasteiger partial charge on any atom is -0.497 e. The first-order chi connectivity index (χ1) is 17.6. The molecule has 200 valence electrons. The van der Waals surface area contributed by atoms with Gasteiger partial charge < -0.3 is 14.6 Å². The molecule has 7 rings (SSSR count). The van der Waals surface area contributed by atoms with Crippen LogP contribution in [0.25, 0.3) is 10.9 Å². The van der Waals surface area contributed by atoms with E-state index >= 15 is 0 Å². The summed E-state index contributed by atoms with van der Waals surface area (Å²) in [5.41, 5.74) is 0.606. The van der Waals surface area contributed by atoms with Gasteiger partial charge in [0.2, 0.25) is 0 Å². The molecule has 1 aromatic carbocycles. The van der Waals surface area contributed by atoms with Crippen molar-refractivity contribution in [2.45, 2.75) is 96.5 Å². The Morgan fingerprint density at radius 1 is 1.16 bits per heavy atom. The molecule has 0 radical (unpaired) electrons. The zero-order valence-electron chi connectivity index (χ0n) is 22.8. The molecule has 5 fully saturated rings. The molecule has 2 heterocycles. The third kappa shape index (κ3) is 3.37. The van der Waals surface area contributed by atoms with Gasteiger partial charge in [-0.3, -0.25) is 9.48 Å². The average molecular weight is 507 g/mol. The van der Waals surface area contributed by atoms with Crippen molar-refractivity contribution in [2.24, 2.45) is 40.4 Å². The second kappa shape index (κ2) is 8.05. The molecular weight excluding hydrogens is 464 g/mol. The topological polar surface area (TPSA) is 73.6 Å². The van der Waals surface area contributed by atoms with Crippen LogP contribution in [0.15, 0.2) is 24.4 Å². The van der Waals surface area contributed by atoms with Gasteiger partial charge in [0, 0.05) is 29.0 Å². The summed E-state index contributed by atoms with van der Waals surface area (Å²) in [6.45, 7) is 7.12. The number of methoxy groups -OCH3 is 1. The molecule has 1 aromatic heterocycles. The summed E-state index contributed by atoms with van der Waals surface area (Å²) in [5, 5.41) is 16.7. The van der Waals surface area contributed by atoms with Gasteiger partial charge >= 0.3 is 0 Å². The number of hydrogen-bond acceptors (Lipinski definition) is 5. The molecule has 2 bridgehead atoms. The van der Waals surface area contributed by atoms with E-state index in [0.29, 0.717) is 36.0 Å². The van der Waals surface area contributed by atoms with Gasteiger partial charge in [-0.05, 0) is 106 Å². The number of carbonyl (C=O) groups excluding carboxylic acids is 1. The lowest BCUT2D eigenvalue weighted by Gasteiger charge is -2.61. The van der Waals surface area contributed by atoms with E-state index in [1.54, 1.807) is 7.11 Å². The Labute approximate surface area is 220 Å². The normalized spacial score (nSPS) is 46.4. The Bertz CT molecular complexity index is 1240. The number of rotatable bonds is 4. The van der Waals surface area contributed by atoms with Crippen molar-refractivity contribution in [1.29, 1.82) is 0 Å². The van der Waals surface area contributed by atoms with Crippen LogP contribution in [0, 0.1) is 40.4 Å². The number of carbonyl (C=O) groups is 1. The second-order valence-electron chi connectivity index (χ2n) is 13.7. The van der Waals surface area contributed by atoms with E-state index in [9.17, 15) is 9.90 Å². The van der Waals surface area contributed by atoms with Crippen molar-refractivity contribution in [3.8, 4) is 5.75 Å². The van der Waals surface area contributed by atoms with Crippen molar-refractivity contribution in [3.63, 3.8) is 0 Å². The molecule has 0 amide bonds. The number of ketones is 1. The standard InChI is InChI=1S/C31H42N2O4/c1-18-31-12-11-29(2,35)15-25(31)28(37-18)14-21-22-7-8-24(30(22,3)10-9-23(21)31)27(34)17-33-16-19-5-6-20(36-4)13-26(19)32-33/h5-6,13,16,18,21-25,28,35H,7-12,14-15,17H2,1-4H3/t18-,21+,22+,23?,24-,25?,28-,29-,30+,31+/m1/s1. The second-order valence-corrected chi connectivity index (χ2v) is 13.7. The number of aromatic nitrogens is 2. The highest BCUT2D eigenvalue weighted by Gasteiger charge is 2.69. The molecule has 6 heteroatoms. The van der Waals surface area contributed by atoms with Gasteiger partial charge in [-0.25, -0.2) is 0 Å². The summed E-state index contributed by atoms with van der Waals surface area (Å²) in [7, 11) is 1.66. The number of ether oxygens (including phenoxy) is 2. The maximum Gasteiger partial charge on any atom is 0.157 e. The van der Waals surface area contributed by atoms with Crippen LogP contribution in [0.4, 0.5) is 0 Å². The van der Waals surface area contributed by atoms with Gasteiger partial charge in [-0.1, -0.05) is 6.92 Å². The molecular formula is C31H42N2O4. The average Bonchev–Trinajstić information content (AvgIpc) is 3.47. The quantitative estimate of drug-likeness (QED) is 0.601. The maximum absolute atomic E-state index is 13.8. The minimum atomic E-state index is -0.552. The number of nitrogens with zero attached hydrogens (tertiary/aromatic N) is 2. The lowest BCUT2D eigenvalue weighted by atomic mass is 9.42. The SMILES string of the molecule is COc1ccc2cn(CC(=O)[C@H]3CC[C@H]4[C@@H]5C[C@H]6O[C@H](C)[C@@]7(CC[C@@](C)(O)CC67)C5CC[C@]34C)nc2c1. The van der Waals surface area contributed by atoms with E-state index in [4.69, 9.17) is 14.6 Å². The maximum atomic E-state index is 13.8. The first kappa shape index (κ1) is 24.1. The van der Waals surface area contributed by atoms with Gasteiger partial charge in [0.25, 0.3) is 0 Å². The largest absolute Gasteiger partial charge is 0.497 e. The van der Waals surface area contributed by atoms with Crippen LogP contribution in [0.1, 0.15) is 72.1 Å². The molecule has 6 nitrogen and oxygen atoms in total. The zero-order chi connectivity index (χ0) is 25.7. The highest BCUT2D eigenvalue weighted by atomic mass is 16.5. The van der Waals surface area contributed by atoms with Crippen LogP contribution in [0.3, 0.4) is 0 Å². The van der Waals surface area contributed by atoms with Crippen molar-refractivity contribution in [3.05, 3.63) is 24.4 Å². The summed E-state index contributed by atoms with van der Waals surface area (Å²) >= 11 is 0. The Kier molecular flexibility index (Phi) is 5.25. The minimum absolute atomic E-state index is 0.0698. The highest BCUT2D eigenvalue weighted by Crippen LogP contribution is 2.71. The summed E-state index contributed by atoms with van der Waals surface area (Å²) < 4.78 is 13.9. The van der Waals surface area contributed by atoms with Crippen LogP contribution in [0.5, 0.6) is 5.75 Å². The highest BCUT2D eigenvalue weighted by molar-refractivity contribution is 5.84. The van der Waals surface area contributed by atoms with Gasteiger partial charge in [0.15, 0.2) is 5.78 Å². The lowest BCUT2D eigenvalue weighted by molar-refractivity contribution is -0.148. The molecule has 2 aromatic rings. The van der Waals surface area contributed by atoms with Crippen molar-refractivity contribution >= 4 is 16.7 Å². The molecule has 1 N–H and O–H groups in total. The van der Waals surface area contributed by atoms with Crippen LogP contribution in [0.2, 0.25) is 0 Å². The molecule has 0 spiro atoms. The zero-order valence-corrected chi connectivity index (χ0v) is 22.8. The molecule has 1 aliphatic heterocycles. The Hall–Kier alpha value is -1.92. The van der Waals surface area contributed by atoms with Gasteiger partial charge in [0.1, 0.15) is 5.75 Å². The Balaban J connectivity index is 1.13. The summed E-state index contributed by atoms with van der Waals surface area (Å²) in [4.78, 5) is 13.8. The predicted molar refractivity (Wildman–Crippen MR) is 141 cm³/mol. The van der Waals surface area contributed by atoms with Crippen molar-refractivity contribution in [2.75, 3.05) is 7.11 Å². The van der Waals surface area contributed by atoms with Crippen LogP contribution < -0.4 is 4.74 Å². The molecule has 5 aliphatic rings. The first-order valence-corrected chi connectivity index (χ1v) is 14.6. The van der Waals surface area contributed by atoms with E-state index in [1.807, 2.05) is 36.0 Å². The van der Waals surface area contributed by atoms with Crippen LogP contribution >= 0.6 is 0 Å². The molecule has 4 aliphatic carbocycles. The van der Waals surface area contributed by atoms with Gasteiger partial charge in [-0.15, -0.1) is 0 Å². The fourth-order valence-electron chi connectivity index (χ4n) is 10.5. The Morgan fingerprint density at radius 3 is 2.81 bits per heavy atom. The fraction of sp³-hybridized carbons (Fsp3) is 0.742. The third-order valence-corrected chi connectivity index (χ3v) is 12.1. The third-order valence-electron chi connectivity index (χ3n) is 12.1. The number of hydrogen-bond donors (Lipinski definition) is 1. The smallest absolute Gasteiger partial charge is 0.157 e. The molecule has 37 heavy (non-hydrogen) atoms. The first-order valence-electron chi connectivity index (χ1n) is 14.6. The Morgan fingerprint density at radius 2 is 2.00 bits per heavy atom. The van der Waals surface area contributed by atoms with Crippen LogP contribution in [-0.2, 0) is 16.1 Å². The predicted octanol–water partition coefficient (Wildman–Crippen LogP) is 5.40. The lowest BCUT2D eigenvalue weighted by Crippen LogP contribution is -2.59. The molecule has 2 unspecified atom stereocenters. The number of benzene rings is 1. The summed E-state index contributed by atoms with van der Waals surface area (Å²) in [6.07, 6.45) is 11.0. The van der Waals surface area contributed by atoms with Gasteiger partial charge in [-0.2, -0.15) is 5.10 Å². The van der Waals surface area contributed by atoms with Crippen molar-refractivity contribution < 1.29 is 19.4 Å². The van der Waals surface area contributed by atoms with E-state index < -0.39 is 5.60 Å². The van der Waals surface area contributed by atoms with E-state index in [1.165, 1.54) is 6.42 Å². The summed E-state index contributed by atoms with van der Waals surface area (Å²) in [5.74, 6) is 3.64. The summed E-state index contributed by atoms with van der Waals surface area (Å²) in [6, 6.07) is 5.88. The fourth-order valence-corrected chi connectivity index (χ4v) is 10.5. The molecule has 10 atom stereocenters. The van der Waals surface area contributed by atoms with E-state index in [2.05, 4.69) is 13.8 Å². The number of Topliss-reactive ketones (excluding diaryl/α,β-unsaturated/α-hetero) is 1. The molecule has 4 saturated carbocycles. The monoisotopic (exact) mass is 506 g/mol. The van der Waals surface area contributed by atoms with Crippen molar-refractivity contribution in [1.82, 2.24) is 9.78 Å². The van der Waals surface area contributed by atoms with E-state index in [0.717, 1.165) is 61.6 Å².